The smallest absolute Gasteiger partial charge is 0.221 e. The number of benzene rings is 1. The minimum atomic E-state index is 0.291. The molecule has 0 saturated heterocycles. The van der Waals surface area contributed by atoms with Crippen molar-refractivity contribution >= 4 is 40.9 Å². The maximum atomic E-state index is 6.10. The molecule has 0 saturated carbocycles. The van der Waals surface area contributed by atoms with E-state index in [1.807, 2.05) is 25.1 Å². The molecule has 18 heavy (non-hydrogen) atoms. The molecule has 3 nitrogen and oxygen atoms in total. The molecule has 2 N–H and O–H groups in total. The van der Waals surface area contributed by atoms with Crippen molar-refractivity contribution in [2.45, 2.75) is 17.7 Å². The van der Waals surface area contributed by atoms with Crippen molar-refractivity contribution < 1.29 is 0 Å². The van der Waals surface area contributed by atoms with E-state index in [0.29, 0.717) is 21.7 Å². The summed E-state index contributed by atoms with van der Waals surface area (Å²) in [5.74, 6) is 1.01. The zero-order valence-corrected chi connectivity index (χ0v) is 12.0. The summed E-state index contributed by atoms with van der Waals surface area (Å²) in [7, 11) is 0. The highest BCUT2D eigenvalue weighted by molar-refractivity contribution is 7.98. The van der Waals surface area contributed by atoms with Crippen LogP contribution in [0.5, 0.6) is 0 Å². The van der Waals surface area contributed by atoms with Gasteiger partial charge in [0, 0.05) is 21.5 Å². The van der Waals surface area contributed by atoms with Crippen molar-refractivity contribution in [3.05, 3.63) is 45.6 Å². The van der Waals surface area contributed by atoms with Gasteiger partial charge in [0.05, 0.1) is 0 Å². The van der Waals surface area contributed by atoms with Gasteiger partial charge in [0.2, 0.25) is 5.95 Å². The van der Waals surface area contributed by atoms with Crippen LogP contribution in [0, 0.1) is 6.92 Å². The number of thioether (sulfide) groups is 1. The van der Waals surface area contributed by atoms with Gasteiger partial charge in [-0.1, -0.05) is 29.3 Å². The first-order valence-electron chi connectivity index (χ1n) is 5.22. The second-order valence-corrected chi connectivity index (χ2v) is 5.57. The third kappa shape index (κ3) is 3.51. The van der Waals surface area contributed by atoms with Gasteiger partial charge in [-0.2, -0.15) is 0 Å². The van der Waals surface area contributed by atoms with E-state index in [1.165, 1.54) is 0 Å². The van der Waals surface area contributed by atoms with Gasteiger partial charge < -0.3 is 5.73 Å². The standard InChI is InChI=1S/C12H11Cl2N3S/c1-7-4-11(17-12(15)16-7)18-6-8-2-3-9(13)5-10(8)14/h2-5H,6H2,1H3,(H2,15,16,17). The lowest BCUT2D eigenvalue weighted by atomic mass is 10.2. The SMILES string of the molecule is Cc1cc(SCc2ccc(Cl)cc2Cl)nc(N)n1. The highest BCUT2D eigenvalue weighted by atomic mass is 35.5. The van der Waals surface area contributed by atoms with Gasteiger partial charge in [-0.15, -0.1) is 11.8 Å². The normalized spacial score (nSPS) is 10.6. The molecule has 0 spiro atoms. The summed E-state index contributed by atoms with van der Waals surface area (Å²) in [4.78, 5) is 8.19. The minimum absolute atomic E-state index is 0.291. The van der Waals surface area contributed by atoms with Crippen LogP contribution in [0.3, 0.4) is 0 Å². The van der Waals surface area contributed by atoms with Crippen LogP contribution in [0.2, 0.25) is 10.0 Å². The molecule has 94 valence electrons. The zero-order valence-electron chi connectivity index (χ0n) is 9.65. The van der Waals surface area contributed by atoms with Crippen molar-refractivity contribution in [3.8, 4) is 0 Å². The number of aryl methyl sites for hydroxylation is 1. The maximum absolute atomic E-state index is 6.10. The van der Waals surface area contributed by atoms with E-state index in [0.717, 1.165) is 16.3 Å². The molecule has 0 atom stereocenters. The Morgan fingerprint density at radius 1 is 1.22 bits per heavy atom. The quantitative estimate of drug-likeness (QED) is 0.688. The molecule has 0 aliphatic rings. The van der Waals surface area contributed by atoms with E-state index >= 15 is 0 Å². The Balaban J connectivity index is 2.11. The van der Waals surface area contributed by atoms with E-state index in [4.69, 9.17) is 28.9 Å². The maximum Gasteiger partial charge on any atom is 0.221 e. The Bertz CT molecular complexity index is 555. The first kappa shape index (κ1) is 13.5. The number of anilines is 1. The number of nitrogen functional groups attached to an aromatic ring is 1. The summed E-state index contributed by atoms with van der Waals surface area (Å²) < 4.78 is 0. The number of nitrogens with two attached hydrogens (primary N) is 1. The molecule has 0 fully saturated rings. The second-order valence-electron chi connectivity index (χ2n) is 3.73. The van der Waals surface area contributed by atoms with Crippen molar-refractivity contribution in [2.24, 2.45) is 0 Å². The Kier molecular flexibility index (Phi) is 4.32. The summed E-state index contributed by atoms with van der Waals surface area (Å²) in [6, 6.07) is 7.36. The van der Waals surface area contributed by atoms with Crippen molar-refractivity contribution in [2.75, 3.05) is 5.73 Å². The van der Waals surface area contributed by atoms with Gasteiger partial charge in [-0.3, -0.25) is 0 Å². The fourth-order valence-corrected chi connectivity index (χ4v) is 2.95. The Morgan fingerprint density at radius 3 is 2.67 bits per heavy atom. The predicted octanol–water partition coefficient (Wildman–Crippen LogP) is 3.97. The Hall–Kier alpha value is -0.970. The average Bonchev–Trinajstić information content (AvgIpc) is 2.26. The Morgan fingerprint density at radius 2 is 2.00 bits per heavy atom. The monoisotopic (exact) mass is 299 g/mol. The number of hydrogen-bond donors (Lipinski definition) is 1. The first-order chi connectivity index (χ1) is 8.54. The van der Waals surface area contributed by atoms with E-state index < -0.39 is 0 Å². The van der Waals surface area contributed by atoms with Crippen LogP contribution < -0.4 is 5.73 Å². The molecule has 2 rings (SSSR count). The van der Waals surface area contributed by atoms with Crippen molar-refractivity contribution in [1.29, 1.82) is 0 Å². The van der Waals surface area contributed by atoms with Gasteiger partial charge in [0.1, 0.15) is 5.03 Å². The van der Waals surface area contributed by atoms with Gasteiger partial charge >= 0.3 is 0 Å². The van der Waals surface area contributed by atoms with E-state index in [2.05, 4.69) is 9.97 Å². The summed E-state index contributed by atoms with van der Waals surface area (Å²) in [5, 5.41) is 2.13. The lowest BCUT2D eigenvalue weighted by Gasteiger charge is -2.05. The fourth-order valence-electron chi connectivity index (χ4n) is 1.43. The minimum Gasteiger partial charge on any atom is -0.368 e. The number of hydrogen-bond acceptors (Lipinski definition) is 4. The summed E-state index contributed by atoms with van der Waals surface area (Å²) in [6.45, 7) is 1.89. The number of nitrogens with zero attached hydrogens (tertiary/aromatic N) is 2. The molecule has 0 amide bonds. The van der Waals surface area contributed by atoms with E-state index in [1.54, 1.807) is 17.8 Å². The Labute approximate surface area is 120 Å². The highest BCUT2D eigenvalue weighted by Crippen LogP contribution is 2.28. The predicted molar refractivity (Wildman–Crippen MR) is 77.2 cm³/mol. The van der Waals surface area contributed by atoms with Crippen molar-refractivity contribution in [3.63, 3.8) is 0 Å². The van der Waals surface area contributed by atoms with Gasteiger partial charge in [0.15, 0.2) is 0 Å². The fraction of sp³-hybridized carbons (Fsp3) is 0.167. The molecule has 0 radical (unpaired) electrons. The molecule has 0 unspecified atom stereocenters. The van der Waals surface area contributed by atoms with Crippen LogP contribution in [0.1, 0.15) is 11.3 Å². The van der Waals surface area contributed by atoms with Crippen LogP contribution >= 0.6 is 35.0 Å². The van der Waals surface area contributed by atoms with Gasteiger partial charge in [0.25, 0.3) is 0 Å². The van der Waals surface area contributed by atoms with Crippen LogP contribution in [-0.4, -0.2) is 9.97 Å². The van der Waals surface area contributed by atoms with Crippen LogP contribution in [0.25, 0.3) is 0 Å². The molecule has 1 aromatic carbocycles. The number of halogens is 2. The molecule has 0 bridgehead atoms. The molecule has 1 heterocycles. The van der Waals surface area contributed by atoms with E-state index in [-0.39, 0.29) is 0 Å². The largest absolute Gasteiger partial charge is 0.368 e. The average molecular weight is 300 g/mol. The molecule has 2 aromatic rings. The van der Waals surface area contributed by atoms with E-state index in [9.17, 15) is 0 Å². The lowest BCUT2D eigenvalue weighted by molar-refractivity contribution is 1.02. The number of rotatable bonds is 3. The van der Waals surface area contributed by atoms with Crippen LogP contribution in [0.15, 0.2) is 29.3 Å². The summed E-state index contributed by atoms with van der Waals surface area (Å²) in [5.41, 5.74) is 7.47. The van der Waals surface area contributed by atoms with Gasteiger partial charge in [-0.05, 0) is 30.7 Å². The zero-order chi connectivity index (χ0) is 13.1. The van der Waals surface area contributed by atoms with Crippen LogP contribution in [0.4, 0.5) is 5.95 Å². The molecule has 1 aromatic heterocycles. The molecule has 0 aliphatic carbocycles. The third-order valence-electron chi connectivity index (χ3n) is 2.24. The van der Waals surface area contributed by atoms with Crippen molar-refractivity contribution in [1.82, 2.24) is 9.97 Å². The number of aromatic nitrogens is 2. The van der Waals surface area contributed by atoms with Gasteiger partial charge in [-0.25, -0.2) is 9.97 Å². The highest BCUT2D eigenvalue weighted by Gasteiger charge is 2.04. The lowest BCUT2D eigenvalue weighted by Crippen LogP contribution is -1.97. The summed E-state index contributed by atoms with van der Waals surface area (Å²) in [6.07, 6.45) is 0. The third-order valence-corrected chi connectivity index (χ3v) is 3.79. The molecule has 0 aliphatic heterocycles. The summed E-state index contributed by atoms with van der Waals surface area (Å²) >= 11 is 13.5. The second kappa shape index (κ2) is 5.78. The topological polar surface area (TPSA) is 51.8 Å². The molecular formula is C12H11Cl2N3S. The molecular weight excluding hydrogens is 289 g/mol. The van der Waals surface area contributed by atoms with Crippen LogP contribution in [-0.2, 0) is 5.75 Å². The molecule has 6 heteroatoms. The first-order valence-corrected chi connectivity index (χ1v) is 6.96.